The molecule has 3 rings (SSSR count). The van der Waals surface area contributed by atoms with E-state index in [2.05, 4.69) is 15.3 Å². The second-order valence-corrected chi connectivity index (χ2v) is 5.27. The van der Waals surface area contributed by atoms with Crippen LogP contribution in [0.3, 0.4) is 0 Å². The SMILES string of the molecule is COc1ccc2nc(CCNC(=O)COc3ccccc3)[nH]c2c1. The minimum absolute atomic E-state index is 0.00133. The van der Waals surface area contributed by atoms with Crippen LogP contribution in [-0.2, 0) is 11.2 Å². The van der Waals surface area contributed by atoms with Crippen LogP contribution in [0.15, 0.2) is 48.5 Å². The minimum atomic E-state index is -0.156. The number of methoxy groups -OCH3 is 1. The average molecular weight is 325 g/mol. The first-order valence-electron chi connectivity index (χ1n) is 7.72. The first-order valence-corrected chi connectivity index (χ1v) is 7.72. The summed E-state index contributed by atoms with van der Waals surface area (Å²) in [7, 11) is 1.63. The van der Waals surface area contributed by atoms with E-state index in [4.69, 9.17) is 9.47 Å². The maximum Gasteiger partial charge on any atom is 0.257 e. The molecule has 0 saturated carbocycles. The molecule has 24 heavy (non-hydrogen) atoms. The molecule has 0 aliphatic rings. The summed E-state index contributed by atoms with van der Waals surface area (Å²) in [6.07, 6.45) is 0.619. The smallest absolute Gasteiger partial charge is 0.257 e. The highest BCUT2D eigenvalue weighted by Gasteiger charge is 2.06. The first kappa shape index (κ1) is 15.9. The van der Waals surface area contributed by atoms with E-state index in [1.165, 1.54) is 0 Å². The summed E-state index contributed by atoms with van der Waals surface area (Å²) in [5, 5.41) is 2.82. The number of aromatic nitrogens is 2. The number of aromatic amines is 1. The van der Waals surface area contributed by atoms with Crippen LogP contribution in [0, 0.1) is 0 Å². The molecule has 0 radical (unpaired) electrons. The van der Waals surface area contributed by atoms with Crippen molar-refractivity contribution in [3.05, 3.63) is 54.4 Å². The Balaban J connectivity index is 1.46. The molecule has 0 saturated heterocycles. The van der Waals surface area contributed by atoms with Gasteiger partial charge in [-0.15, -0.1) is 0 Å². The third-order valence-electron chi connectivity index (χ3n) is 3.54. The standard InChI is InChI=1S/C18H19N3O3/c1-23-14-7-8-15-16(11-14)21-17(20-15)9-10-19-18(22)12-24-13-5-3-2-4-6-13/h2-8,11H,9-10,12H2,1H3,(H,19,22)(H,20,21). The zero-order valence-corrected chi connectivity index (χ0v) is 13.4. The molecule has 1 aromatic heterocycles. The first-order chi connectivity index (χ1) is 11.7. The molecule has 124 valence electrons. The number of imidazole rings is 1. The number of ether oxygens (including phenoxy) is 2. The van der Waals surface area contributed by atoms with Crippen LogP contribution in [0.25, 0.3) is 11.0 Å². The van der Waals surface area contributed by atoms with Gasteiger partial charge in [0.05, 0.1) is 18.1 Å². The van der Waals surface area contributed by atoms with Crippen molar-refractivity contribution in [3.8, 4) is 11.5 Å². The summed E-state index contributed by atoms with van der Waals surface area (Å²) in [5.74, 6) is 2.13. The van der Waals surface area contributed by atoms with Crippen molar-refractivity contribution in [2.45, 2.75) is 6.42 Å². The lowest BCUT2D eigenvalue weighted by molar-refractivity contribution is -0.123. The van der Waals surface area contributed by atoms with Gasteiger partial charge in [-0.3, -0.25) is 4.79 Å². The van der Waals surface area contributed by atoms with E-state index in [0.717, 1.165) is 22.6 Å². The molecule has 0 atom stereocenters. The molecule has 6 heteroatoms. The summed E-state index contributed by atoms with van der Waals surface area (Å²) in [4.78, 5) is 19.5. The lowest BCUT2D eigenvalue weighted by Crippen LogP contribution is -2.30. The van der Waals surface area contributed by atoms with Gasteiger partial charge in [0.1, 0.15) is 17.3 Å². The predicted molar refractivity (Wildman–Crippen MR) is 91.3 cm³/mol. The maximum absolute atomic E-state index is 11.8. The molecule has 3 aromatic rings. The van der Waals surface area contributed by atoms with Crippen molar-refractivity contribution < 1.29 is 14.3 Å². The fraction of sp³-hybridized carbons (Fsp3) is 0.222. The predicted octanol–water partition coefficient (Wildman–Crippen LogP) is 2.31. The third-order valence-corrected chi connectivity index (χ3v) is 3.54. The highest BCUT2D eigenvalue weighted by atomic mass is 16.5. The number of para-hydroxylation sites is 1. The normalized spacial score (nSPS) is 10.5. The lowest BCUT2D eigenvalue weighted by Gasteiger charge is -2.06. The molecule has 0 fully saturated rings. The van der Waals surface area contributed by atoms with Crippen LogP contribution in [-0.4, -0.2) is 36.1 Å². The Labute approximate surface area is 139 Å². The number of hydrogen-bond acceptors (Lipinski definition) is 4. The van der Waals surface area contributed by atoms with Crippen molar-refractivity contribution in [3.63, 3.8) is 0 Å². The average Bonchev–Trinajstić information content (AvgIpc) is 3.02. The highest BCUT2D eigenvalue weighted by Crippen LogP contribution is 2.18. The lowest BCUT2D eigenvalue weighted by atomic mass is 10.3. The van der Waals surface area contributed by atoms with Gasteiger partial charge in [-0.1, -0.05) is 18.2 Å². The number of nitrogens with one attached hydrogen (secondary N) is 2. The largest absolute Gasteiger partial charge is 0.497 e. The Morgan fingerprint density at radius 2 is 2.00 bits per heavy atom. The van der Waals surface area contributed by atoms with Gasteiger partial charge in [0.15, 0.2) is 6.61 Å². The Morgan fingerprint density at radius 3 is 2.79 bits per heavy atom. The number of nitrogens with zero attached hydrogens (tertiary/aromatic N) is 1. The van der Waals surface area contributed by atoms with Crippen LogP contribution >= 0.6 is 0 Å². The zero-order valence-electron chi connectivity index (χ0n) is 13.4. The van der Waals surface area contributed by atoms with Crippen LogP contribution in [0.5, 0.6) is 11.5 Å². The Bertz CT molecular complexity index is 815. The maximum atomic E-state index is 11.8. The molecule has 2 aromatic carbocycles. The van der Waals surface area contributed by atoms with E-state index < -0.39 is 0 Å². The van der Waals surface area contributed by atoms with Crippen molar-refractivity contribution >= 4 is 16.9 Å². The molecule has 0 aliphatic heterocycles. The van der Waals surface area contributed by atoms with Crippen molar-refractivity contribution in [1.82, 2.24) is 15.3 Å². The number of carbonyl (C=O) groups excluding carboxylic acids is 1. The quantitative estimate of drug-likeness (QED) is 0.699. The second-order valence-electron chi connectivity index (χ2n) is 5.27. The second kappa shape index (κ2) is 7.50. The number of fused-ring (bicyclic) bond motifs is 1. The van der Waals surface area contributed by atoms with Crippen molar-refractivity contribution in [1.29, 1.82) is 0 Å². The van der Waals surface area contributed by atoms with Crippen LogP contribution < -0.4 is 14.8 Å². The van der Waals surface area contributed by atoms with Gasteiger partial charge in [-0.2, -0.15) is 0 Å². The summed E-state index contributed by atoms with van der Waals surface area (Å²) in [5.41, 5.74) is 1.80. The van der Waals surface area contributed by atoms with Crippen LogP contribution in [0.2, 0.25) is 0 Å². The molecule has 0 unspecified atom stereocenters. The molecule has 2 N–H and O–H groups in total. The molecular formula is C18H19N3O3. The highest BCUT2D eigenvalue weighted by molar-refractivity contribution is 5.78. The summed E-state index contributed by atoms with van der Waals surface area (Å²) >= 11 is 0. The van der Waals surface area contributed by atoms with Crippen LogP contribution in [0.4, 0.5) is 0 Å². The summed E-state index contributed by atoms with van der Waals surface area (Å²) in [6, 6.07) is 14.9. The van der Waals surface area contributed by atoms with Gasteiger partial charge in [0.25, 0.3) is 5.91 Å². The van der Waals surface area contributed by atoms with Gasteiger partial charge in [-0.25, -0.2) is 4.98 Å². The third kappa shape index (κ3) is 4.04. The van der Waals surface area contributed by atoms with E-state index >= 15 is 0 Å². The van der Waals surface area contributed by atoms with Gasteiger partial charge < -0.3 is 19.8 Å². The molecule has 1 amide bonds. The molecular weight excluding hydrogens is 306 g/mol. The van der Waals surface area contributed by atoms with Crippen molar-refractivity contribution in [2.24, 2.45) is 0 Å². The Kier molecular flexibility index (Phi) is 4.96. The number of benzene rings is 2. The summed E-state index contributed by atoms with van der Waals surface area (Å²) in [6.45, 7) is 0.495. The molecule has 0 aliphatic carbocycles. The van der Waals surface area contributed by atoms with Gasteiger partial charge in [0, 0.05) is 19.0 Å². The number of amides is 1. The number of rotatable bonds is 7. The van der Waals surface area contributed by atoms with E-state index in [9.17, 15) is 4.79 Å². The van der Waals surface area contributed by atoms with Gasteiger partial charge in [0.2, 0.25) is 0 Å². The van der Waals surface area contributed by atoms with E-state index in [1.54, 1.807) is 7.11 Å². The molecule has 6 nitrogen and oxygen atoms in total. The van der Waals surface area contributed by atoms with Crippen LogP contribution in [0.1, 0.15) is 5.82 Å². The van der Waals surface area contributed by atoms with Gasteiger partial charge in [-0.05, 0) is 24.3 Å². The van der Waals surface area contributed by atoms with E-state index in [1.807, 2.05) is 48.5 Å². The topological polar surface area (TPSA) is 76.2 Å². The Hall–Kier alpha value is -3.02. The number of hydrogen-bond donors (Lipinski definition) is 2. The fourth-order valence-corrected chi connectivity index (χ4v) is 2.32. The van der Waals surface area contributed by atoms with E-state index in [0.29, 0.717) is 18.7 Å². The fourth-order valence-electron chi connectivity index (χ4n) is 2.32. The monoisotopic (exact) mass is 325 g/mol. The summed E-state index contributed by atoms with van der Waals surface area (Å²) < 4.78 is 10.6. The molecule has 1 heterocycles. The number of carbonyl (C=O) groups is 1. The molecule has 0 bridgehead atoms. The Morgan fingerprint density at radius 1 is 1.17 bits per heavy atom. The van der Waals surface area contributed by atoms with Crippen molar-refractivity contribution in [2.75, 3.05) is 20.3 Å². The van der Waals surface area contributed by atoms with Gasteiger partial charge >= 0.3 is 0 Å². The zero-order chi connectivity index (χ0) is 16.8. The molecule has 0 spiro atoms. The minimum Gasteiger partial charge on any atom is -0.497 e. The van der Waals surface area contributed by atoms with E-state index in [-0.39, 0.29) is 12.5 Å². The number of H-pyrrole nitrogens is 1.